The number of nitrogens with one attached hydrogen (secondary N) is 1. The second-order valence-electron chi connectivity index (χ2n) is 4.31. The number of alkyl halides is 3. The van der Waals surface area contributed by atoms with Crippen molar-refractivity contribution in [3.63, 3.8) is 0 Å². The third-order valence-corrected chi connectivity index (χ3v) is 2.95. The molecule has 0 spiro atoms. The summed E-state index contributed by atoms with van der Waals surface area (Å²) in [6, 6.07) is 0.170. The second kappa shape index (κ2) is 7.18. The van der Waals surface area contributed by atoms with Crippen LogP contribution in [0.1, 0.15) is 19.3 Å². The fourth-order valence-electron chi connectivity index (χ4n) is 1.91. The molecule has 0 aromatic heterocycles. The van der Waals surface area contributed by atoms with Crippen LogP contribution in [-0.4, -0.2) is 45.7 Å². The van der Waals surface area contributed by atoms with E-state index < -0.39 is 12.6 Å². The minimum Gasteiger partial charge on any atom is -0.381 e. The zero-order chi connectivity index (χ0) is 12.7. The Hall–Kier alpha value is -0.330. The van der Waals surface area contributed by atoms with Gasteiger partial charge in [-0.15, -0.1) is 0 Å². The first-order valence-electron chi connectivity index (χ1n) is 5.92. The molecule has 0 aromatic carbocycles. The Bertz CT molecular complexity index is 205. The quantitative estimate of drug-likeness (QED) is 0.705. The van der Waals surface area contributed by atoms with Crippen molar-refractivity contribution in [2.75, 3.05) is 33.5 Å². The summed E-state index contributed by atoms with van der Waals surface area (Å²) < 4.78 is 46.2. The highest BCUT2D eigenvalue weighted by Gasteiger charge is 2.27. The largest absolute Gasteiger partial charge is 0.389 e. The lowest BCUT2D eigenvalue weighted by atomic mass is 10.0. The van der Waals surface area contributed by atoms with Crippen LogP contribution in [0.15, 0.2) is 0 Å². The number of halogens is 3. The van der Waals surface area contributed by atoms with Crippen LogP contribution in [0.25, 0.3) is 0 Å². The highest BCUT2D eigenvalue weighted by Crippen LogP contribution is 2.21. The molecule has 0 aromatic rings. The van der Waals surface area contributed by atoms with E-state index in [1.165, 1.54) is 0 Å². The lowest BCUT2D eigenvalue weighted by molar-refractivity contribution is -0.138. The molecule has 0 radical (unpaired) electrons. The Labute approximate surface area is 99.7 Å². The summed E-state index contributed by atoms with van der Waals surface area (Å²) in [4.78, 5) is 0. The molecule has 0 bridgehead atoms. The molecule has 0 amide bonds. The van der Waals surface area contributed by atoms with Crippen LogP contribution in [0.2, 0.25) is 0 Å². The van der Waals surface area contributed by atoms with E-state index in [4.69, 9.17) is 9.47 Å². The van der Waals surface area contributed by atoms with E-state index in [1.807, 2.05) is 7.05 Å². The molecule has 1 N–H and O–H groups in total. The van der Waals surface area contributed by atoms with Crippen LogP contribution >= 0.6 is 0 Å². The summed E-state index contributed by atoms with van der Waals surface area (Å²) in [6.07, 6.45) is -3.84. The lowest BCUT2D eigenvalue weighted by Crippen LogP contribution is -2.38. The van der Waals surface area contributed by atoms with E-state index in [-0.39, 0.29) is 19.1 Å². The molecule has 2 atom stereocenters. The van der Waals surface area contributed by atoms with Crippen molar-refractivity contribution in [2.45, 2.75) is 31.5 Å². The highest BCUT2D eigenvalue weighted by atomic mass is 19.4. The van der Waals surface area contributed by atoms with Crippen molar-refractivity contribution in [3.05, 3.63) is 0 Å². The van der Waals surface area contributed by atoms with Gasteiger partial charge in [-0.2, -0.15) is 13.2 Å². The molecule has 0 saturated carbocycles. The van der Waals surface area contributed by atoms with Gasteiger partial charge in [0.15, 0.2) is 0 Å². The fraction of sp³-hybridized carbons (Fsp3) is 1.00. The van der Waals surface area contributed by atoms with E-state index in [0.29, 0.717) is 19.1 Å². The average molecular weight is 255 g/mol. The molecular formula is C11H20F3NO2. The first-order valence-corrected chi connectivity index (χ1v) is 5.92. The SMILES string of the molecule is CNC(COCCCC(F)(F)F)C1CCOC1. The van der Waals surface area contributed by atoms with Crippen molar-refractivity contribution in [2.24, 2.45) is 5.92 Å². The molecule has 17 heavy (non-hydrogen) atoms. The minimum atomic E-state index is -4.08. The molecule has 1 fully saturated rings. The van der Waals surface area contributed by atoms with Crippen LogP contribution < -0.4 is 5.32 Å². The molecule has 1 saturated heterocycles. The third kappa shape index (κ3) is 6.24. The summed E-state index contributed by atoms with van der Waals surface area (Å²) in [5, 5.41) is 3.12. The molecule has 1 aliphatic rings. The summed E-state index contributed by atoms with van der Waals surface area (Å²) in [7, 11) is 1.84. The van der Waals surface area contributed by atoms with Gasteiger partial charge in [-0.3, -0.25) is 0 Å². The number of hydrogen-bond donors (Lipinski definition) is 1. The van der Waals surface area contributed by atoms with Gasteiger partial charge in [0, 0.05) is 31.6 Å². The Balaban J connectivity index is 2.07. The van der Waals surface area contributed by atoms with Crippen LogP contribution in [0.3, 0.4) is 0 Å². The molecule has 3 nitrogen and oxygen atoms in total. The minimum absolute atomic E-state index is 0.0289. The van der Waals surface area contributed by atoms with E-state index in [0.717, 1.165) is 13.0 Å². The second-order valence-corrected chi connectivity index (χ2v) is 4.31. The summed E-state index contributed by atoms with van der Waals surface area (Å²) in [5.74, 6) is 0.405. The molecule has 1 aliphatic heterocycles. The summed E-state index contributed by atoms with van der Waals surface area (Å²) >= 11 is 0. The molecule has 102 valence electrons. The molecular weight excluding hydrogens is 235 g/mol. The van der Waals surface area contributed by atoms with Gasteiger partial charge in [0.2, 0.25) is 0 Å². The maximum Gasteiger partial charge on any atom is 0.389 e. The standard InChI is InChI=1S/C11H20F3NO2/c1-15-10(9-3-6-17-7-9)8-16-5-2-4-11(12,13)14/h9-10,15H,2-8H2,1H3. The van der Waals surface area contributed by atoms with E-state index in [9.17, 15) is 13.2 Å². The predicted molar refractivity (Wildman–Crippen MR) is 57.9 cm³/mol. The Morgan fingerprint density at radius 3 is 2.76 bits per heavy atom. The van der Waals surface area contributed by atoms with Crippen LogP contribution in [0.4, 0.5) is 13.2 Å². The topological polar surface area (TPSA) is 30.5 Å². The summed E-state index contributed by atoms with van der Waals surface area (Å²) in [5.41, 5.74) is 0. The molecule has 6 heteroatoms. The third-order valence-electron chi connectivity index (χ3n) is 2.95. The maximum atomic E-state index is 11.9. The van der Waals surface area contributed by atoms with Crippen molar-refractivity contribution in [1.82, 2.24) is 5.32 Å². The number of likely N-dealkylation sites (N-methyl/N-ethyl adjacent to an activating group) is 1. The van der Waals surface area contributed by atoms with Crippen LogP contribution in [-0.2, 0) is 9.47 Å². The first kappa shape index (κ1) is 14.7. The van der Waals surface area contributed by atoms with Crippen molar-refractivity contribution < 1.29 is 22.6 Å². The van der Waals surface area contributed by atoms with Crippen molar-refractivity contribution in [1.29, 1.82) is 0 Å². The van der Waals surface area contributed by atoms with E-state index in [1.54, 1.807) is 0 Å². The zero-order valence-corrected chi connectivity index (χ0v) is 10.1. The molecule has 1 heterocycles. The van der Waals surface area contributed by atoms with Crippen LogP contribution in [0, 0.1) is 5.92 Å². The van der Waals surface area contributed by atoms with Crippen LogP contribution in [0.5, 0.6) is 0 Å². The first-order chi connectivity index (χ1) is 8.03. The Morgan fingerprint density at radius 1 is 1.47 bits per heavy atom. The Kier molecular flexibility index (Phi) is 6.22. The smallest absolute Gasteiger partial charge is 0.381 e. The molecule has 2 unspecified atom stereocenters. The van der Waals surface area contributed by atoms with Gasteiger partial charge in [-0.1, -0.05) is 0 Å². The normalized spacial score (nSPS) is 22.9. The van der Waals surface area contributed by atoms with Gasteiger partial charge in [-0.05, 0) is 19.9 Å². The van der Waals surface area contributed by atoms with E-state index >= 15 is 0 Å². The predicted octanol–water partition coefficient (Wildman–Crippen LogP) is 1.97. The number of ether oxygens (including phenoxy) is 2. The summed E-state index contributed by atoms with van der Waals surface area (Å²) in [6.45, 7) is 2.07. The van der Waals surface area contributed by atoms with Gasteiger partial charge in [0.05, 0.1) is 13.2 Å². The number of rotatable bonds is 7. The van der Waals surface area contributed by atoms with E-state index in [2.05, 4.69) is 5.32 Å². The van der Waals surface area contributed by atoms with Gasteiger partial charge in [-0.25, -0.2) is 0 Å². The Morgan fingerprint density at radius 2 is 2.24 bits per heavy atom. The lowest BCUT2D eigenvalue weighted by Gasteiger charge is -2.21. The van der Waals surface area contributed by atoms with Crippen molar-refractivity contribution >= 4 is 0 Å². The molecule has 1 rings (SSSR count). The van der Waals surface area contributed by atoms with Gasteiger partial charge < -0.3 is 14.8 Å². The van der Waals surface area contributed by atoms with Gasteiger partial charge in [0.1, 0.15) is 0 Å². The van der Waals surface area contributed by atoms with Gasteiger partial charge in [0.25, 0.3) is 0 Å². The maximum absolute atomic E-state index is 11.9. The molecule has 0 aliphatic carbocycles. The van der Waals surface area contributed by atoms with Crippen molar-refractivity contribution in [3.8, 4) is 0 Å². The highest BCUT2D eigenvalue weighted by molar-refractivity contribution is 4.77. The number of hydrogen-bond acceptors (Lipinski definition) is 3. The monoisotopic (exact) mass is 255 g/mol. The average Bonchev–Trinajstić information content (AvgIpc) is 2.75. The zero-order valence-electron chi connectivity index (χ0n) is 10.1. The fourth-order valence-corrected chi connectivity index (χ4v) is 1.91. The van der Waals surface area contributed by atoms with Gasteiger partial charge >= 0.3 is 6.18 Å².